The van der Waals surface area contributed by atoms with Crippen molar-refractivity contribution in [2.75, 3.05) is 7.11 Å². The van der Waals surface area contributed by atoms with Crippen LogP contribution in [0, 0.1) is 0 Å². The normalized spacial score (nSPS) is 10.6. The molecule has 1 heterocycles. The first-order valence-electron chi connectivity index (χ1n) is 6.42. The number of hydrogen-bond donors (Lipinski definition) is 0. The van der Waals surface area contributed by atoms with Gasteiger partial charge in [-0.3, -0.25) is 4.79 Å². The molecule has 0 saturated heterocycles. The third-order valence-electron chi connectivity index (χ3n) is 3.00. The summed E-state index contributed by atoms with van der Waals surface area (Å²) in [4.78, 5) is 15.0. The van der Waals surface area contributed by atoms with Crippen LogP contribution in [-0.2, 0) is 6.61 Å². The smallest absolute Gasteiger partial charge is 0.162 e. The molecule has 20 heavy (non-hydrogen) atoms. The van der Waals surface area contributed by atoms with Crippen molar-refractivity contribution in [1.29, 1.82) is 0 Å². The van der Waals surface area contributed by atoms with Crippen molar-refractivity contribution in [3.05, 3.63) is 42.0 Å². The summed E-state index contributed by atoms with van der Waals surface area (Å²) < 4.78 is 13.0. The molecule has 5 heteroatoms. The van der Waals surface area contributed by atoms with Gasteiger partial charge in [0, 0.05) is 11.6 Å². The van der Waals surface area contributed by atoms with Crippen molar-refractivity contribution >= 4 is 6.29 Å². The largest absolute Gasteiger partial charge is 0.493 e. The minimum absolute atomic E-state index is 0.319. The Morgan fingerprint density at radius 1 is 1.35 bits per heavy atom. The zero-order chi connectivity index (χ0) is 14.5. The van der Waals surface area contributed by atoms with Crippen LogP contribution in [0.15, 0.2) is 30.7 Å². The summed E-state index contributed by atoms with van der Waals surface area (Å²) in [6, 6.07) is 5.40. The van der Waals surface area contributed by atoms with Gasteiger partial charge in [-0.25, -0.2) is 4.98 Å². The lowest BCUT2D eigenvalue weighted by molar-refractivity contribution is 0.112. The van der Waals surface area contributed by atoms with Crippen molar-refractivity contribution in [2.24, 2.45) is 0 Å². The molecule has 0 fully saturated rings. The van der Waals surface area contributed by atoms with Gasteiger partial charge in [0.1, 0.15) is 12.9 Å². The van der Waals surface area contributed by atoms with E-state index in [0.717, 1.165) is 12.0 Å². The van der Waals surface area contributed by atoms with E-state index in [0.29, 0.717) is 29.7 Å². The highest BCUT2D eigenvalue weighted by molar-refractivity contribution is 5.76. The summed E-state index contributed by atoms with van der Waals surface area (Å²) in [5.41, 5.74) is 1.52. The number of carbonyl (C=O) groups excluding carboxylic acids is 1. The Hall–Kier alpha value is -2.30. The Labute approximate surface area is 118 Å². The van der Waals surface area contributed by atoms with Crippen LogP contribution in [0.25, 0.3) is 0 Å². The average molecular weight is 274 g/mol. The van der Waals surface area contributed by atoms with Crippen LogP contribution >= 0.6 is 0 Å². The number of ether oxygens (including phenoxy) is 2. The van der Waals surface area contributed by atoms with Crippen LogP contribution in [0.4, 0.5) is 0 Å². The minimum atomic E-state index is 0.319. The molecule has 1 aromatic heterocycles. The Morgan fingerprint density at radius 2 is 2.15 bits per heavy atom. The predicted octanol–water partition coefficient (Wildman–Crippen LogP) is 2.86. The van der Waals surface area contributed by atoms with Crippen molar-refractivity contribution in [1.82, 2.24) is 9.55 Å². The third-order valence-corrected chi connectivity index (χ3v) is 3.00. The summed E-state index contributed by atoms with van der Waals surface area (Å²) in [5.74, 6) is 1.15. The molecule has 1 aromatic carbocycles. The summed E-state index contributed by atoms with van der Waals surface area (Å²) in [5, 5.41) is 0. The van der Waals surface area contributed by atoms with Gasteiger partial charge >= 0.3 is 0 Å². The van der Waals surface area contributed by atoms with Crippen LogP contribution in [0.2, 0.25) is 0 Å². The van der Waals surface area contributed by atoms with Gasteiger partial charge in [-0.2, -0.15) is 0 Å². The highest BCUT2D eigenvalue weighted by Crippen LogP contribution is 2.28. The zero-order valence-corrected chi connectivity index (χ0v) is 11.9. The lowest BCUT2D eigenvalue weighted by atomic mass is 10.2. The maximum Gasteiger partial charge on any atom is 0.162 e. The fourth-order valence-corrected chi connectivity index (χ4v) is 1.94. The lowest BCUT2D eigenvalue weighted by Crippen LogP contribution is -2.07. The first-order valence-corrected chi connectivity index (χ1v) is 6.42. The Balaban J connectivity index is 2.17. The average Bonchev–Trinajstić information content (AvgIpc) is 2.93. The van der Waals surface area contributed by atoms with E-state index in [1.54, 1.807) is 37.8 Å². The second-order valence-electron chi connectivity index (χ2n) is 4.70. The van der Waals surface area contributed by atoms with E-state index < -0.39 is 0 Å². The zero-order valence-electron chi connectivity index (χ0n) is 11.9. The number of aldehydes is 1. The number of hydrogen-bond acceptors (Lipinski definition) is 4. The molecule has 106 valence electrons. The van der Waals surface area contributed by atoms with E-state index in [9.17, 15) is 4.79 Å². The van der Waals surface area contributed by atoms with Gasteiger partial charge in [0.05, 0.1) is 25.3 Å². The second-order valence-corrected chi connectivity index (χ2v) is 4.70. The number of rotatable bonds is 6. The van der Waals surface area contributed by atoms with Gasteiger partial charge in [0.2, 0.25) is 0 Å². The topological polar surface area (TPSA) is 53.4 Å². The minimum Gasteiger partial charge on any atom is -0.493 e. The molecule has 0 saturated carbocycles. The predicted molar refractivity (Wildman–Crippen MR) is 75.3 cm³/mol. The molecule has 5 nitrogen and oxygen atoms in total. The molecule has 0 radical (unpaired) electrons. The van der Waals surface area contributed by atoms with Crippen LogP contribution in [0.1, 0.15) is 35.9 Å². The maximum absolute atomic E-state index is 10.8. The molecule has 0 bridgehead atoms. The molecule has 0 aliphatic rings. The Bertz CT molecular complexity index is 591. The van der Waals surface area contributed by atoms with Crippen molar-refractivity contribution in [3.8, 4) is 11.5 Å². The molecule has 0 N–H and O–H groups in total. The molecular formula is C15H18N2O3. The summed E-state index contributed by atoms with van der Waals surface area (Å²) in [6.45, 7) is 4.54. The third kappa shape index (κ3) is 2.99. The number of benzene rings is 1. The highest BCUT2D eigenvalue weighted by atomic mass is 16.5. The first-order chi connectivity index (χ1) is 9.65. The van der Waals surface area contributed by atoms with E-state index in [1.807, 2.05) is 4.57 Å². The maximum atomic E-state index is 10.8. The van der Waals surface area contributed by atoms with E-state index in [2.05, 4.69) is 18.8 Å². The number of aromatic nitrogens is 2. The first kappa shape index (κ1) is 14.1. The van der Waals surface area contributed by atoms with E-state index in [-0.39, 0.29) is 0 Å². The molecule has 0 spiro atoms. The number of nitrogens with zero attached hydrogens (tertiary/aromatic N) is 2. The molecule has 0 unspecified atom stereocenters. The van der Waals surface area contributed by atoms with Crippen molar-refractivity contribution in [3.63, 3.8) is 0 Å². The van der Waals surface area contributed by atoms with Gasteiger partial charge in [-0.15, -0.1) is 0 Å². The molecule has 0 atom stereocenters. The Morgan fingerprint density at radius 3 is 2.80 bits per heavy atom. The van der Waals surface area contributed by atoms with Crippen molar-refractivity contribution in [2.45, 2.75) is 26.5 Å². The summed E-state index contributed by atoms with van der Waals surface area (Å²) in [6.07, 6.45) is 4.34. The molecule has 0 aliphatic heterocycles. The van der Waals surface area contributed by atoms with Gasteiger partial charge < -0.3 is 14.0 Å². The van der Waals surface area contributed by atoms with Crippen LogP contribution in [-0.4, -0.2) is 22.9 Å². The van der Waals surface area contributed by atoms with Crippen LogP contribution in [0.5, 0.6) is 11.5 Å². The monoisotopic (exact) mass is 274 g/mol. The molecular weight excluding hydrogens is 256 g/mol. The number of imidazole rings is 1. The van der Waals surface area contributed by atoms with Gasteiger partial charge in [0.25, 0.3) is 0 Å². The summed E-state index contributed by atoms with van der Waals surface area (Å²) >= 11 is 0. The number of carbonyl (C=O) groups is 1. The standard InChI is InChI=1S/C15H18N2O3/c1-11(2)17-10-16-7-13(17)9-20-15-6-12(8-18)4-5-14(15)19-3/h4-8,10-11H,9H2,1-3H3. The lowest BCUT2D eigenvalue weighted by Gasteiger charge is -2.14. The van der Waals surface area contributed by atoms with Crippen LogP contribution < -0.4 is 9.47 Å². The quantitative estimate of drug-likeness (QED) is 0.760. The van der Waals surface area contributed by atoms with Gasteiger partial charge in [-0.05, 0) is 32.0 Å². The molecule has 0 aliphatic carbocycles. The van der Waals surface area contributed by atoms with E-state index in [4.69, 9.17) is 9.47 Å². The summed E-state index contributed by atoms with van der Waals surface area (Å²) in [7, 11) is 1.57. The van der Waals surface area contributed by atoms with Gasteiger partial charge in [-0.1, -0.05) is 0 Å². The van der Waals surface area contributed by atoms with E-state index >= 15 is 0 Å². The van der Waals surface area contributed by atoms with Crippen molar-refractivity contribution < 1.29 is 14.3 Å². The number of methoxy groups -OCH3 is 1. The second kappa shape index (κ2) is 6.23. The molecule has 0 amide bonds. The molecule has 2 aromatic rings. The SMILES string of the molecule is COc1ccc(C=O)cc1OCc1cncn1C(C)C. The van der Waals surface area contributed by atoms with Crippen LogP contribution in [0.3, 0.4) is 0 Å². The van der Waals surface area contributed by atoms with E-state index in [1.165, 1.54) is 0 Å². The highest BCUT2D eigenvalue weighted by Gasteiger charge is 2.09. The fraction of sp³-hybridized carbons (Fsp3) is 0.333. The molecule has 2 rings (SSSR count). The van der Waals surface area contributed by atoms with Gasteiger partial charge in [0.15, 0.2) is 11.5 Å². The Kier molecular flexibility index (Phi) is 4.40. The fourth-order valence-electron chi connectivity index (χ4n) is 1.94.